The normalized spacial score (nSPS) is 17.3. The van der Waals surface area contributed by atoms with Gasteiger partial charge in [0.05, 0.1) is 5.25 Å². The van der Waals surface area contributed by atoms with Gasteiger partial charge < -0.3 is 11.2 Å². The van der Waals surface area contributed by atoms with Crippen molar-refractivity contribution in [1.82, 2.24) is 20.2 Å². The molecule has 1 unspecified atom stereocenters. The van der Waals surface area contributed by atoms with Crippen LogP contribution in [-0.2, 0) is 11.0 Å². The summed E-state index contributed by atoms with van der Waals surface area (Å²) in [5, 5.41) is 8.35. The first-order chi connectivity index (χ1) is 8.79. The van der Waals surface area contributed by atoms with Crippen LogP contribution in [0.5, 0.6) is 0 Å². The largest absolute Gasteiger partial charge is 0.453 e. The topological polar surface area (TPSA) is 85.8 Å². The van der Waals surface area contributed by atoms with Crippen molar-refractivity contribution in [3.05, 3.63) is 5.82 Å². The van der Waals surface area contributed by atoms with Crippen LogP contribution in [0.1, 0.15) is 25.6 Å². The first kappa shape index (κ1) is 14.0. The number of nitrogens with two attached hydrogens (primary N) is 1. The number of hydrogen-bond acceptors (Lipinski definition) is 5. The molecule has 3 N–H and O–H groups in total. The van der Waals surface area contributed by atoms with Crippen LogP contribution in [0, 0.1) is 0 Å². The number of nitrogens with one attached hydrogen (secondary N) is 1. The number of nitrogens with zero attached hydrogens (tertiary/aromatic N) is 3. The molecule has 1 aromatic heterocycles. The van der Waals surface area contributed by atoms with Gasteiger partial charge in [-0.2, -0.15) is 13.2 Å². The summed E-state index contributed by atoms with van der Waals surface area (Å²) in [7, 11) is 0. The maximum atomic E-state index is 12.4. The molecular formula is C9H12F3N5OS. The van der Waals surface area contributed by atoms with Crippen LogP contribution in [0.3, 0.4) is 0 Å². The highest BCUT2D eigenvalue weighted by Crippen LogP contribution is 2.30. The summed E-state index contributed by atoms with van der Waals surface area (Å²) in [6.07, 6.45) is -2.79. The molecule has 6 nitrogen and oxygen atoms in total. The Labute approximate surface area is 110 Å². The second-order valence-corrected chi connectivity index (χ2v) is 5.52. The molecule has 1 fully saturated rings. The van der Waals surface area contributed by atoms with Gasteiger partial charge in [-0.15, -0.1) is 10.2 Å². The summed E-state index contributed by atoms with van der Waals surface area (Å²) in [4.78, 5) is 11.7. The van der Waals surface area contributed by atoms with E-state index in [1.54, 1.807) is 6.92 Å². The number of halogens is 3. The predicted octanol–water partition coefficient (Wildman–Crippen LogP) is 0.770. The van der Waals surface area contributed by atoms with Crippen LogP contribution >= 0.6 is 11.8 Å². The molecule has 0 bridgehead atoms. The highest BCUT2D eigenvalue weighted by Gasteiger charge is 2.38. The van der Waals surface area contributed by atoms with Crippen molar-refractivity contribution in [2.45, 2.75) is 42.4 Å². The predicted molar refractivity (Wildman–Crippen MR) is 61.7 cm³/mol. The minimum atomic E-state index is -4.67. The van der Waals surface area contributed by atoms with Crippen molar-refractivity contribution in [3.63, 3.8) is 0 Å². The molecule has 19 heavy (non-hydrogen) atoms. The van der Waals surface area contributed by atoms with E-state index in [9.17, 15) is 18.0 Å². The minimum absolute atomic E-state index is 0.147. The molecule has 1 saturated carbocycles. The van der Waals surface area contributed by atoms with E-state index in [4.69, 9.17) is 5.84 Å². The lowest BCUT2D eigenvalue weighted by Crippen LogP contribution is -2.33. The molecule has 1 amide bonds. The molecule has 0 spiro atoms. The average molecular weight is 295 g/mol. The third-order valence-corrected chi connectivity index (χ3v) is 3.55. The van der Waals surface area contributed by atoms with E-state index in [2.05, 4.69) is 15.5 Å². The summed E-state index contributed by atoms with van der Waals surface area (Å²) in [5.74, 6) is 3.74. The van der Waals surface area contributed by atoms with Crippen LogP contribution in [0.2, 0.25) is 0 Å². The third-order valence-electron chi connectivity index (χ3n) is 2.49. The summed E-state index contributed by atoms with van der Waals surface area (Å²) in [6.45, 7) is 1.57. The second kappa shape index (κ2) is 4.91. The number of thioether (sulfide) groups is 1. The van der Waals surface area contributed by atoms with Gasteiger partial charge in [0.15, 0.2) is 0 Å². The van der Waals surface area contributed by atoms with E-state index in [1.807, 2.05) is 0 Å². The Morgan fingerprint density at radius 3 is 2.63 bits per heavy atom. The molecule has 0 saturated heterocycles. The number of carbonyl (C=O) groups is 1. The number of aromatic nitrogens is 3. The fraction of sp³-hybridized carbons (Fsp3) is 0.667. The van der Waals surface area contributed by atoms with Crippen LogP contribution in [0.25, 0.3) is 0 Å². The van der Waals surface area contributed by atoms with E-state index in [0.29, 0.717) is 4.68 Å². The Bertz CT molecular complexity index is 485. The van der Waals surface area contributed by atoms with Gasteiger partial charge in [-0.1, -0.05) is 11.8 Å². The van der Waals surface area contributed by atoms with Crippen molar-refractivity contribution < 1.29 is 18.0 Å². The molecule has 2 rings (SSSR count). The molecule has 1 aliphatic carbocycles. The Kier molecular flexibility index (Phi) is 3.61. The van der Waals surface area contributed by atoms with Crippen molar-refractivity contribution in [1.29, 1.82) is 0 Å². The monoisotopic (exact) mass is 295 g/mol. The summed E-state index contributed by atoms with van der Waals surface area (Å²) in [5.41, 5.74) is 0. The van der Waals surface area contributed by atoms with E-state index in [1.165, 1.54) is 0 Å². The smallest absolute Gasteiger partial charge is 0.352 e. The van der Waals surface area contributed by atoms with Crippen molar-refractivity contribution in [2.24, 2.45) is 0 Å². The van der Waals surface area contributed by atoms with E-state index in [0.717, 1.165) is 24.6 Å². The molecular weight excluding hydrogens is 283 g/mol. The fourth-order valence-electron chi connectivity index (χ4n) is 1.31. The number of carbonyl (C=O) groups excluding carboxylic acids is 1. The van der Waals surface area contributed by atoms with Gasteiger partial charge in [-0.3, -0.25) is 4.79 Å². The van der Waals surface area contributed by atoms with Crippen molar-refractivity contribution in [3.8, 4) is 0 Å². The Morgan fingerprint density at radius 2 is 2.16 bits per heavy atom. The first-order valence-corrected chi connectivity index (χ1v) is 6.41. The SMILES string of the molecule is CC(Sc1nnc(C(F)(F)F)n1N)C(=O)NC1CC1. The molecule has 0 aliphatic heterocycles. The molecule has 1 aliphatic rings. The third kappa shape index (κ3) is 3.31. The quantitative estimate of drug-likeness (QED) is 0.633. The van der Waals surface area contributed by atoms with Crippen LogP contribution in [0.15, 0.2) is 5.16 Å². The van der Waals surface area contributed by atoms with Gasteiger partial charge in [0.25, 0.3) is 5.82 Å². The number of nitrogen functional groups attached to an aromatic ring is 1. The lowest BCUT2D eigenvalue weighted by molar-refractivity contribution is -0.146. The highest BCUT2D eigenvalue weighted by atomic mass is 32.2. The zero-order chi connectivity index (χ0) is 14.2. The molecule has 0 aromatic carbocycles. The zero-order valence-electron chi connectivity index (χ0n) is 9.94. The van der Waals surface area contributed by atoms with Gasteiger partial charge in [0.2, 0.25) is 11.1 Å². The van der Waals surface area contributed by atoms with Crippen LogP contribution in [-0.4, -0.2) is 32.1 Å². The standard InChI is InChI=1S/C9H12F3N5OS/c1-4(6(18)14-5-2-3-5)19-8-16-15-7(17(8)13)9(10,11)12/h4-5H,2-3,13H2,1H3,(H,14,18). The van der Waals surface area contributed by atoms with Crippen LogP contribution < -0.4 is 11.2 Å². The van der Waals surface area contributed by atoms with E-state index < -0.39 is 17.3 Å². The fourth-order valence-corrected chi connectivity index (χ4v) is 2.09. The maximum absolute atomic E-state index is 12.4. The van der Waals surface area contributed by atoms with Gasteiger partial charge >= 0.3 is 6.18 Å². The van der Waals surface area contributed by atoms with Gasteiger partial charge in [0, 0.05) is 6.04 Å². The Morgan fingerprint density at radius 1 is 1.53 bits per heavy atom. The average Bonchev–Trinajstić information content (AvgIpc) is 3.02. The van der Waals surface area contributed by atoms with Gasteiger partial charge in [0.1, 0.15) is 0 Å². The molecule has 1 aromatic rings. The van der Waals surface area contributed by atoms with Crippen molar-refractivity contribution >= 4 is 17.7 Å². The number of amides is 1. The number of alkyl halides is 3. The first-order valence-electron chi connectivity index (χ1n) is 5.53. The lowest BCUT2D eigenvalue weighted by atomic mass is 10.4. The zero-order valence-corrected chi connectivity index (χ0v) is 10.8. The Balaban J connectivity index is 2.02. The number of rotatable bonds is 4. The molecule has 10 heteroatoms. The van der Waals surface area contributed by atoms with Crippen LogP contribution in [0.4, 0.5) is 13.2 Å². The Hall–Kier alpha value is -1.45. The summed E-state index contributed by atoms with van der Waals surface area (Å²) < 4.78 is 37.7. The van der Waals surface area contributed by atoms with Gasteiger partial charge in [-0.05, 0) is 19.8 Å². The molecule has 0 radical (unpaired) electrons. The molecule has 1 heterocycles. The maximum Gasteiger partial charge on any atom is 0.453 e. The lowest BCUT2D eigenvalue weighted by Gasteiger charge is -2.11. The molecule has 1 atom stereocenters. The minimum Gasteiger partial charge on any atom is -0.352 e. The highest BCUT2D eigenvalue weighted by molar-refractivity contribution is 8.00. The number of hydrogen-bond donors (Lipinski definition) is 2. The summed E-state index contributed by atoms with van der Waals surface area (Å²) >= 11 is 0.837. The van der Waals surface area contributed by atoms with E-state index >= 15 is 0 Å². The van der Waals surface area contributed by atoms with Crippen molar-refractivity contribution in [2.75, 3.05) is 5.84 Å². The molecule has 106 valence electrons. The van der Waals surface area contributed by atoms with Gasteiger partial charge in [-0.25, -0.2) is 4.68 Å². The summed E-state index contributed by atoms with van der Waals surface area (Å²) in [6, 6.07) is 0.192. The second-order valence-electron chi connectivity index (χ2n) is 4.22. The van der Waals surface area contributed by atoms with E-state index in [-0.39, 0.29) is 17.1 Å².